The molecule has 2 aromatic rings. The summed E-state index contributed by atoms with van der Waals surface area (Å²) in [5.74, 6) is -1.24. The van der Waals surface area contributed by atoms with Gasteiger partial charge in [0.25, 0.3) is 11.5 Å². The maximum atomic E-state index is 13.5. The molecule has 0 atom stereocenters. The number of aromatic nitrogens is 2. The average Bonchev–Trinajstić information content (AvgIpc) is 2.68. The van der Waals surface area contributed by atoms with Crippen molar-refractivity contribution in [2.75, 3.05) is 19.0 Å². The number of rotatable bonds is 6. The number of thioether (sulfide) groups is 1. The van der Waals surface area contributed by atoms with Crippen LogP contribution in [0.15, 0.2) is 27.9 Å². The summed E-state index contributed by atoms with van der Waals surface area (Å²) in [6.07, 6.45) is 0. The van der Waals surface area contributed by atoms with Crippen LogP contribution in [0.2, 0.25) is 0 Å². The van der Waals surface area contributed by atoms with Gasteiger partial charge in [-0.1, -0.05) is 6.07 Å². The van der Waals surface area contributed by atoms with E-state index in [1.165, 1.54) is 34.5 Å². The van der Waals surface area contributed by atoms with Gasteiger partial charge >= 0.3 is 0 Å². The van der Waals surface area contributed by atoms with Crippen molar-refractivity contribution in [3.05, 3.63) is 51.5 Å². The van der Waals surface area contributed by atoms with Gasteiger partial charge in [0, 0.05) is 17.2 Å². The van der Waals surface area contributed by atoms with Crippen LogP contribution in [0.1, 0.15) is 35.7 Å². The topological polar surface area (TPSA) is 114 Å². The van der Waals surface area contributed by atoms with E-state index in [4.69, 9.17) is 9.84 Å². The van der Waals surface area contributed by atoms with Gasteiger partial charge in [0.1, 0.15) is 17.2 Å². The van der Waals surface area contributed by atoms with Crippen LogP contribution in [0.4, 0.5) is 4.39 Å². The zero-order valence-electron chi connectivity index (χ0n) is 16.1. The van der Waals surface area contributed by atoms with Gasteiger partial charge in [-0.15, -0.1) is 11.8 Å². The lowest BCUT2D eigenvalue weighted by atomic mass is 10.1. The molecule has 1 aromatic carbocycles. The molecule has 156 valence electrons. The predicted molar refractivity (Wildman–Crippen MR) is 105 cm³/mol. The molecule has 0 fully saturated rings. The second-order valence-electron chi connectivity index (χ2n) is 6.95. The number of aliphatic hydroxyl groups is 1. The number of carbonyl (C=O) groups is 1. The molecule has 0 bridgehead atoms. The summed E-state index contributed by atoms with van der Waals surface area (Å²) in [6.45, 7) is 3.96. The van der Waals surface area contributed by atoms with E-state index < -0.39 is 28.6 Å². The quantitative estimate of drug-likeness (QED) is 0.602. The van der Waals surface area contributed by atoms with Crippen LogP contribution in [0, 0.1) is 5.82 Å². The van der Waals surface area contributed by atoms with E-state index in [2.05, 4.69) is 10.3 Å². The minimum absolute atomic E-state index is 0.0340. The number of carbonyl (C=O) groups excluding carboxylic acids is 1. The number of hydrogen-bond donors (Lipinski definition) is 3. The summed E-state index contributed by atoms with van der Waals surface area (Å²) in [6, 6.07) is 4.12. The second kappa shape index (κ2) is 8.52. The molecule has 0 aliphatic carbocycles. The highest BCUT2D eigenvalue weighted by Gasteiger charge is 2.34. The highest BCUT2D eigenvalue weighted by atomic mass is 32.2. The number of aromatic hydroxyl groups is 1. The van der Waals surface area contributed by atoms with Gasteiger partial charge in [-0.2, -0.15) is 0 Å². The minimum Gasteiger partial charge on any atom is -0.501 e. The van der Waals surface area contributed by atoms with Crippen molar-refractivity contribution in [2.45, 2.75) is 37.4 Å². The van der Waals surface area contributed by atoms with E-state index in [1.807, 2.05) is 0 Å². The van der Waals surface area contributed by atoms with Crippen LogP contribution >= 0.6 is 11.8 Å². The number of aliphatic hydroxyl groups excluding tert-OH is 1. The van der Waals surface area contributed by atoms with Gasteiger partial charge in [0.2, 0.25) is 5.75 Å². The number of amides is 1. The first-order chi connectivity index (χ1) is 13.7. The normalized spacial score (nSPS) is 15.0. The van der Waals surface area contributed by atoms with E-state index in [1.54, 1.807) is 13.8 Å². The SMILES string of the molecule is CC1(C)OCCn2c1nc(C(=O)NCc1ccc(F)cc1SCCO)c(O)c2=O. The fourth-order valence-electron chi connectivity index (χ4n) is 3.05. The van der Waals surface area contributed by atoms with Crippen molar-refractivity contribution in [2.24, 2.45) is 0 Å². The summed E-state index contributed by atoms with van der Waals surface area (Å²) in [7, 11) is 0. The van der Waals surface area contributed by atoms with Crippen molar-refractivity contribution in [1.29, 1.82) is 0 Å². The molecule has 1 amide bonds. The third-order valence-corrected chi connectivity index (χ3v) is 5.57. The number of hydrogen-bond acceptors (Lipinski definition) is 7. The first kappa shape index (κ1) is 21.3. The van der Waals surface area contributed by atoms with Gasteiger partial charge < -0.3 is 20.3 Å². The van der Waals surface area contributed by atoms with Crippen LogP contribution in [-0.4, -0.2) is 44.6 Å². The molecule has 3 rings (SSSR count). The van der Waals surface area contributed by atoms with Crippen molar-refractivity contribution >= 4 is 17.7 Å². The average molecular weight is 423 g/mol. The smallest absolute Gasteiger partial charge is 0.296 e. The molecule has 0 saturated heterocycles. The Morgan fingerprint density at radius 3 is 2.93 bits per heavy atom. The Kier molecular flexibility index (Phi) is 6.25. The zero-order chi connectivity index (χ0) is 21.2. The van der Waals surface area contributed by atoms with E-state index in [-0.39, 0.29) is 31.2 Å². The zero-order valence-corrected chi connectivity index (χ0v) is 16.9. The molecule has 8 nitrogen and oxygen atoms in total. The monoisotopic (exact) mass is 423 g/mol. The van der Waals surface area contributed by atoms with E-state index in [0.717, 1.165) is 0 Å². The summed E-state index contributed by atoms with van der Waals surface area (Å²) in [5, 5.41) is 21.8. The molecule has 0 saturated carbocycles. The molecule has 0 radical (unpaired) electrons. The van der Waals surface area contributed by atoms with Crippen molar-refractivity contribution < 1.29 is 24.1 Å². The van der Waals surface area contributed by atoms with Gasteiger partial charge in [0.15, 0.2) is 5.69 Å². The van der Waals surface area contributed by atoms with Crippen LogP contribution < -0.4 is 10.9 Å². The van der Waals surface area contributed by atoms with Crippen molar-refractivity contribution in [1.82, 2.24) is 14.9 Å². The molecule has 0 unspecified atom stereocenters. The molecule has 10 heteroatoms. The number of nitrogens with one attached hydrogen (secondary N) is 1. The maximum Gasteiger partial charge on any atom is 0.296 e. The number of halogens is 1. The summed E-state index contributed by atoms with van der Waals surface area (Å²) in [4.78, 5) is 29.9. The number of benzene rings is 1. The largest absolute Gasteiger partial charge is 0.501 e. The number of ether oxygens (including phenoxy) is 1. The molecule has 29 heavy (non-hydrogen) atoms. The first-order valence-electron chi connectivity index (χ1n) is 9.03. The Labute approximate surface area is 170 Å². The molecular weight excluding hydrogens is 401 g/mol. The lowest BCUT2D eigenvalue weighted by Crippen LogP contribution is -2.42. The summed E-state index contributed by atoms with van der Waals surface area (Å²) < 4.78 is 20.4. The fourth-order valence-corrected chi connectivity index (χ4v) is 3.88. The Morgan fingerprint density at radius 1 is 1.45 bits per heavy atom. The molecular formula is C19H22FN3O5S. The first-order valence-corrected chi connectivity index (χ1v) is 10.0. The van der Waals surface area contributed by atoms with Crippen LogP contribution in [0.25, 0.3) is 0 Å². The van der Waals surface area contributed by atoms with Crippen molar-refractivity contribution in [3.63, 3.8) is 0 Å². The lowest BCUT2D eigenvalue weighted by Gasteiger charge is -2.32. The van der Waals surface area contributed by atoms with E-state index in [9.17, 15) is 19.1 Å². The van der Waals surface area contributed by atoms with Crippen molar-refractivity contribution in [3.8, 4) is 5.75 Å². The molecule has 3 N–H and O–H groups in total. The second-order valence-corrected chi connectivity index (χ2v) is 8.09. The molecule has 1 aliphatic heterocycles. The van der Waals surface area contributed by atoms with Crippen LogP contribution in [-0.2, 0) is 23.4 Å². The molecule has 1 aliphatic rings. The molecule has 1 aromatic heterocycles. The molecule has 0 spiro atoms. The maximum absolute atomic E-state index is 13.5. The van der Waals surface area contributed by atoms with Crippen LogP contribution in [0.3, 0.4) is 0 Å². The Hall–Kier alpha value is -2.43. The molecule has 2 heterocycles. The highest BCUT2D eigenvalue weighted by molar-refractivity contribution is 7.99. The predicted octanol–water partition coefficient (Wildman–Crippen LogP) is 1.37. The van der Waals surface area contributed by atoms with E-state index in [0.29, 0.717) is 22.8 Å². The highest BCUT2D eigenvalue weighted by Crippen LogP contribution is 2.27. The van der Waals surface area contributed by atoms with Gasteiger partial charge in [-0.25, -0.2) is 9.37 Å². The number of nitrogens with zero attached hydrogens (tertiary/aromatic N) is 2. The van der Waals surface area contributed by atoms with Gasteiger partial charge in [0.05, 0.1) is 19.8 Å². The van der Waals surface area contributed by atoms with Gasteiger partial charge in [-0.05, 0) is 31.5 Å². The van der Waals surface area contributed by atoms with E-state index >= 15 is 0 Å². The Bertz CT molecular complexity index is 993. The summed E-state index contributed by atoms with van der Waals surface area (Å²) >= 11 is 1.26. The minimum atomic E-state index is -0.884. The Morgan fingerprint density at radius 2 is 2.21 bits per heavy atom. The third-order valence-electron chi connectivity index (χ3n) is 4.49. The Balaban J connectivity index is 1.86. The van der Waals surface area contributed by atoms with Crippen LogP contribution in [0.5, 0.6) is 5.75 Å². The fraction of sp³-hybridized carbons (Fsp3) is 0.421. The lowest BCUT2D eigenvalue weighted by molar-refractivity contribution is -0.0566. The van der Waals surface area contributed by atoms with Gasteiger partial charge in [-0.3, -0.25) is 14.2 Å². The number of fused-ring (bicyclic) bond motifs is 1. The summed E-state index contributed by atoms with van der Waals surface area (Å²) in [5.41, 5.74) is -1.33. The third kappa shape index (κ3) is 4.44. The standard InChI is InChI=1S/C19H22FN3O5S/c1-19(2)18-22-14(15(25)17(27)23(18)5-7-28-19)16(26)21-10-11-3-4-12(20)9-13(11)29-8-6-24/h3-4,9,24-25H,5-8,10H2,1-2H3,(H,21,26).